The lowest BCUT2D eigenvalue weighted by Gasteiger charge is -2.27. The molecule has 6 nitrogen and oxygen atoms in total. The van der Waals surface area contributed by atoms with Crippen LogP contribution < -0.4 is 5.32 Å². The summed E-state index contributed by atoms with van der Waals surface area (Å²) >= 11 is 0. The van der Waals surface area contributed by atoms with Crippen LogP contribution in [-0.2, 0) is 20.2 Å². The highest BCUT2D eigenvalue weighted by Gasteiger charge is 2.39. The molecule has 0 saturated heterocycles. The minimum Gasteiger partial charge on any atom is -0.308 e. The van der Waals surface area contributed by atoms with Crippen molar-refractivity contribution in [3.63, 3.8) is 0 Å². The fraction of sp³-hybridized carbons (Fsp3) is 0.182. The molecule has 0 fully saturated rings. The van der Waals surface area contributed by atoms with Crippen LogP contribution >= 0.6 is 7.60 Å². The van der Waals surface area contributed by atoms with Crippen molar-refractivity contribution in [2.24, 2.45) is 0 Å². The summed E-state index contributed by atoms with van der Waals surface area (Å²) in [5.41, 5.74) is 6.60. The first-order chi connectivity index (χ1) is 19.6. The number of rotatable bonds is 12. The molecule has 5 aromatic rings. The summed E-state index contributed by atoms with van der Waals surface area (Å²) in [6.45, 7) is 4.66. The van der Waals surface area contributed by atoms with Gasteiger partial charge >= 0.3 is 7.60 Å². The van der Waals surface area contributed by atoms with E-state index in [1.54, 1.807) is 0 Å². The lowest BCUT2D eigenvalue weighted by atomic mass is 10.0. The van der Waals surface area contributed by atoms with E-state index in [0.717, 1.165) is 33.5 Å². The molecule has 0 unspecified atom stereocenters. The van der Waals surface area contributed by atoms with E-state index in [0.29, 0.717) is 12.2 Å². The number of nitrogens with one attached hydrogen (secondary N) is 1. The minimum absolute atomic E-state index is 0.259. The average Bonchev–Trinajstić information content (AvgIpc) is 3.44. The van der Waals surface area contributed by atoms with Gasteiger partial charge in [-0.25, -0.2) is 4.68 Å². The summed E-state index contributed by atoms with van der Waals surface area (Å²) in [5.74, 6) is -0.742. The van der Waals surface area contributed by atoms with Crippen molar-refractivity contribution in [1.29, 1.82) is 0 Å². The second-order valence-electron chi connectivity index (χ2n) is 9.30. The largest absolute Gasteiger partial charge is 0.352 e. The van der Waals surface area contributed by atoms with Crippen molar-refractivity contribution in [1.82, 2.24) is 15.1 Å². The number of hydrogen-bond donors (Lipinski definition) is 1. The summed E-state index contributed by atoms with van der Waals surface area (Å²) in [6, 6.07) is 38.5. The lowest BCUT2D eigenvalue weighted by molar-refractivity contribution is 0.207. The Morgan fingerprint density at radius 3 is 1.85 bits per heavy atom. The molecule has 5 rings (SSSR count). The van der Waals surface area contributed by atoms with Crippen LogP contribution in [0.1, 0.15) is 30.8 Å². The minimum atomic E-state index is -3.64. The maximum absolute atomic E-state index is 14.4. The van der Waals surface area contributed by atoms with Gasteiger partial charge in [0.2, 0.25) is 0 Å². The monoisotopic (exact) mass is 551 g/mol. The maximum atomic E-state index is 14.4. The van der Waals surface area contributed by atoms with E-state index >= 15 is 0 Å². The molecule has 1 atom stereocenters. The van der Waals surface area contributed by atoms with Gasteiger partial charge in [-0.1, -0.05) is 103 Å². The number of hydrogen-bond acceptors (Lipinski definition) is 5. The van der Waals surface area contributed by atoms with E-state index in [2.05, 4.69) is 41.7 Å². The number of para-hydroxylation sites is 1. The molecule has 0 saturated carbocycles. The van der Waals surface area contributed by atoms with E-state index in [-0.39, 0.29) is 13.2 Å². The molecule has 40 heavy (non-hydrogen) atoms. The molecule has 7 heteroatoms. The van der Waals surface area contributed by atoms with Gasteiger partial charge < -0.3 is 9.05 Å². The molecule has 0 aliphatic heterocycles. The zero-order valence-electron chi connectivity index (χ0n) is 22.8. The number of benzene rings is 4. The first-order valence-corrected chi connectivity index (χ1v) is 15.2. The lowest BCUT2D eigenvalue weighted by Crippen LogP contribution is -2.23. The molecule has 1 heterocycles. The Morgan fingerprint density at radius 2 is 1.25 bits per heavy atom. The Labute approximate surface area is 236 Å². The Balaban J connectivity index is 1.62. The predicted molar refractivity (Wildman–Crippen MR) is 161 cm³/mol. The van der Waals surface area contributed by atoms with Gasteiger partial charge in [-0.2, -0.15) is 5.10 Å². The van der Waals surface area contributed by atoms with Crippen molar-refractivity contribution >= 4 is 7.60 Å². The fourth-order valence-corrected chi connectivity index (χ4v) is 6.66. The topological polar surface area (TPSA) is 65.4 Å². The Bertz CT molecular complexity index is 1530. The van der Waals surface area contributed by atoms with Gasteiger partial charge in [-0.05, 0) is 42.7 Å². The van der Waals surface area contributed by atoms with Crippen molar-refractivity contribution in [3.05, 3.63) is 133 Å². The molecule has 0 bridgehead atoms. The highest BCUT2D eigenvalue weighted by Crippen LogP contribution is 2.60. The van der Waals surface area contributed by atoms with Crippen LogP contribution in [0.2, 0.25) is 0 Å². The highest BCUT2D eigenvalue weighted by molar-refractivity contribution is 7.54. The van der Waals surface area contributed by atoms with Crippen LogP contribution in [0.5, 0.6) is 0 Å². The van der Waals surface area contributed by atoms with E-state index in [9.17, 15) is 4.57 Å². The highest BCUT2D eigenvalue weighted by atomic mass is 31.2. The van der Waals surface area contributed by atoms with Gasteiger partial charge in [-0.15, -0.1) is 0 Å². The zero-order chi connectivity index (χ0) is 27.8. The number of nitrogens with zero attached hydrogens (tertiary/aromatic N) is 2. The summed E-state index contributed by atoms with van der Waals surface area (Å²) in [5, 5.41) is 8.52. The molecule has 1 aromatic heterocycles. The third-order valence-corrected chi connectivity index (χ3v) is 8.93. The van der Waals surface area contributed by atoms with Gasteiger partial charge in [0.1, 0.15) is 5.78 Å². The predicted octanol–water partition coefficient (Wildman–Crippen LogP) is 8.26. The van der Waals surface area contributed by atoms with Gasteiger partial charge in [0.15, 0.2) is 0 Å². The SMILES string of the molecule is CCOP(=O)(OCC)[C@@H](NCc1ccccc1)c1cn(-c2ccccc2)nc1-c1ccc(-c2ccccc2)cc1. The van der Waals surface area contributed by atoms with Crippen LogP contribution in [0.15, 0.2) is 121 Å². The van der Waals surface area contributed by atoms with Crippen LogP contribution in [0.3, 0.4) is 0 Å². The maximum Gasteiger partial charge on any atom is 0.352 e. The molecular formula is C33H34N3O3P. The molecule has 0 spiro atoms. The van der Waals surface area contributed by atoms with Crippen LogP contribution in [0, 0.1) is 0 Å². The standard InChI is InChI=1S/C33H34N3O3P/c1-3-38-40(37,39-4-2)33(34-24-26-14-8-5-9-15-26)31-25-36(30-18-12-7-13-19-30)35-32(31)29-22-20-28(21-23-29)27-16-10-6-11-17-27/h5-23,25,33-34H,3-4,24H2,1-2H3/t33-/m1/s1. The van der Waals surface area contributed by atoms with E-state index < -0.39 is 13.4 Å². The Kier molecular flexibility index (Phi) is 9.04. The average molecular weight is 552 g/mol. The second-order valence-corrected chi connectivity index (χ2v) is 11.4. The van der Waals surface area contributed by atoms with E-state index in [1.165, 1.54) is 0 Å². The molecule has 0 aliphatic rings. The molecular weight excluding hydrogens is 517 g/mol. The van der Waals surface area contributed by atoms with Gasteiger partial charge in [0.25, 0.3) is 0 Å². The first-order valence-electron chi connectivity index (χ1n) is 13.6. The number of aromatic nitrogens is 2. The molecule has 0 radical (unpaired) electrons. The normalized spacial score (nSPS) is 12.3. The fourth-order valence-electron chi connectivity index (χ4n) is 4.72. The summed E-state index contributed by atoms with van der Waals surface area (Å²) in [7, 11) is -3.64. The summed E-state index contributed by atoms with van der Waals surface area (Å²) < 4.78 is 28.0. The van der Waals surface area contributed by atoms with Gasteiger partial charge in [-0.3, -0.25) is 9.88 Å². The zero-order valence-corrected chi connectivity index (χ0v) is 23.7. The quantitative estimate of drug-likeness (QED) is 0.158. The summed E-state index contributed by atoms with van der Waals surface area (Å²) in [4.78, 5) is 0. The smallest absolute Gasteiger partial charge is 0.308 e. The Morgan fingerprint density at radius 1 is 0.725 bits per heavy atom. The van der Waals surface area contributed by atoms with Crippen molar-refractivity contribution in [3.8, 4) is 28.1 Å². The molecule has 0 amide bonds. The van der Waals surface area contributed by atoms with E-state index in [1.807, 2.05) is 104 Å². The summed E-state index contributed by atoms with van der Waals surface area (Å²) in [6.07, 6.45) is 1.93. The van der Waals surface area contributed by atoms with Crippen molar-refractivity contribution in [2.75, 3.05) is 13.2 Å². The van der Waals surface area contributed by atoms with Crippen LogP contribution in [0.25, 0.3) is 28.1 Å². The molecule has 204 valence electrons. The van der Waals surface area contributed by atoms with Gasteiger partial charge in [0.05, 0.1) is 24.6 Å². The molecule has 0 aliphatic carbocycles. The van der Waals surface area contributed by atoms with Crippen molar-refractivity contribution in [2.45, 2.75) is 26.2 Å². The first kappa shape index (κ1) is 27.8. The molecule has 1 N–H and O–H groups in total. The Hall–Kier alpha value is -3.80. The van der Waals surface area contributed by atoms with Crippen molar-refractivity contribution < 1.29 is 13.6 Å². The second kappa shape index (κ2) is 13.0. The van der Waals surface area contributed by atoms with Crippen LogP contribution in [-0.4, -0.2) is 23.0 Å². The van der Waals surface area contributed by atoms with Gasteiger partial charge in [0, 0.05) is 23.9 Å². The third kappa shape index (κ3) is 6.33. The van der Waals surface area contributed by atoms with Crippen LogP contribution in [0.4, 0.5) is 0 Å². The third-order valence-electron chi connectivity index (χ3n) is 6.60. The molecule has 4 aromatic carbocycles. The van der Waals surface area contributed by atoms with E-state index in [4.69, 9.17) is 14.1 Å².